The number of aliphatic hydroxyl groups excluding tert-OH is 1. The van der Waals surface area contributed by atoms with Crippen LogP contribution in [-0.4, -0.2) is 68.5 Å². The topological polar surface area (TPSA) is 108 Å². The third-order valence-electron chi connectivity index (χ3n) is 11.1. The van der Waals surface area contributed by atoms with Crippen molar-refractivity contribution in [1.29, 1.82) is 0 Å². The number of unbranched alkanes of at least 4 members (excludes halogenated alkanes) is 23. The number of aliphatic hydroxyl groups is 1. The van der Waals surface area contributed by atoms with Crippen molar-refractivity contribution in [1.82, 2.24) is 5.32 Å². The van der Waals surface area contributed by atoms with Crippen molar-refractivity contribution in [3.8, 4) is 0 Å². The zero-order chi connectivity index (χ0) is 46.4. The van der Waals surface area contributed by atoms with Gasteiger partial charge in [0, 0.05) is 6.42 Å². The summed E-state index contributed by atoms with van der Waals surface area (Å²) in [5.74, 6) is -0.216. The molecule has 63 heavy (non-hydrogen) atoms. The number of carbonyl (C=O) groups excluding carboxylic acids is 1. The van der Waals surface area contributed by atoms with Crippen molar-refractivity contribution in [2.24, 2.45) is 0 Å². The van der Waals surface area contributed by atoms with Gasteiger partial charge in [0.2, 0.25) is 5.91 Å². The molecule has 0 rings (SSSR count). The average molecular weight is 903 g/mol. The number of hydrogen-bond acceptors (Lipinski definition) is 6. The summed E-state index contributed by atoms with van der Waals surface area (Å²) in [5, 5.41) is 13.8. The number of hydrogen-bond donors (Lipinski definition) is 2. The number of phosphoric ester groups is 1. The number of carbonyl (C=O) groups is 1. The highest BCUT2D eigenvalue weighted by atomic mass is 31.2. The summed E-state index contributed by atoms with van der Waals surface area (Å²) in [5.41, 5.74) is 0. The lowest BCUT2D eigenvalue weighted by molar-refractivity contribution is -0.870. The van der Waals surface area contributed by atoms with Gasteiger partial charge >= 0.3 is 0 Å². The lowest BCUT2D eigenvalue weighted by Gasteiger charge is -2.29. The Morgan fingerprint density at radius 2 is 0.952 bits per heavy atom. The molecule has 0 heterocycles. The molecule has 0 saturated heterocycles. The molecule has 0 saturated carbocycles. The Morgan fingerprint density at radius 3 is 1.44 bits per heavy atom. The van der Waals surface area contributed by atoms with E-state index >= 15 is 0 Å². The summed E-state index contributed by atoms with van der Waals surface area (Å²) >= 11 is 0. The normalized spacial score (nSPS) is 14.7. The van der Waals surface area contributed by atoms with Crippen LogP contribution in [-0.2, 0) is 18.4 Å². The molecule has 0 spiro atoms. The average Bonchev–Trinajstić information content (AvgIpc) is 3.24. The summed E-state index contributed by atoms with van der Waals surface area (Å²) in [7, 11) is 1.23. The lowest BCUT2D eigenvalue weighted by Crippen LogP contribution is -2.45. The molecule has 8 nitrogen and oxygen atoms in total. The number of nitrogens with one attached hydrogen (secondary N) is 1. The summed E-state index contributed by atoms with van der Waals surface area (Å²) in [6.45, 7) is 4.55. The van der Waals surface area contributed by atoms with Gasteiger partial charge in [-0.05, 0) is 77.0 Å². The third-order valence-corrected chi connectivity index (χ3v) is 12.1. The Morgan fingerprint density at radius 1 is 0.556 bits per heavy atom. The summed E-state index contributed by atoms with van der Waals surface area (Å²) in [6.07, 6.45) is 61.2. The third kappa shape index (κ3) is 47.7. The second-order valence-electron chi connectivity index (χ2n) is 18.5. The van der Waals surface area contributed by atoms with Crippen molar-refractivity contribution in [3.63, 3.8) is 0 Å². The second kappa shape index (κ2) is 45.1. The molecule has 0 aromatic heterocycles. The number of likely N-dealkylation sites (N-methyl/N-ethyl adjacent to an activating group) is 1. The van der Waals surface area contributed by atoms with Gasteiger partial charge in [-0.15, -0.1) is 0 Å². The van der Waals surface area contributed by atoms with Gasteiger partial charge in [-0.25, -0.2) is 0 Å². The van der Waals surface area contributed by atoms with Crippen LogP contribution in [0, 0.1) is 0 Å². The molecule has 0 radical (unpaired) electrons. The van der Waals surface area contributed by atoms with E-state index in [-0.39, 0.29) is 12.5 Å². The highest BCUT2D eigenvalue weighted by molar-refractivity contribution is 7.45. The van der Waals surface area contributed by atoms with E-state index in [2.05, 4.69) is 79.9 Å². The molecule has 0 aliphatic rings. The van der Waals surface area contributed by atoms with Crippen molar-refractivity contribution in [3.05, 3.63) is 72.9 Å². The van der Waals surface area contributed by atoms with E-state index < -0.39 is 26.6 Å². The molecule has 0 aliphatic carbocycles. The van der Waals surface area contributed by atoms with Crippen molar-refractivity contribution in [2.75, 3.05) is 40.9 Å². The number of allylic oxidation sites excluding steroid dienone is 11. The minimum absolute atomic E-state index is 0.0116. The predicted octanol–water partition coefficient (Wildman–Crippen LogP) is 14.5. The molecule has 2 N–H and O–H groups in total. The quantitative estimate of drug-likeness (QED) is 0.0273. The van der Waals surface area contributed by atoms with Crippen LogP contribution in [0.1, 0.15) is 213 Å². The van der Waals surface area contributed by atoms with Gasteiger partial charge < -0.3 is 28.8 Å². The fourth-order valence-corrected chi connectivity index (χ4v) is 7.72. The molecular formula is C54H99N2O6P. The molecule has 0 aliphatic heterocycles. The fraction of sp³-hybridized carbons (Fsp3) is 0.759. The van der Waals surface area contributed by atoms with Crippen LogP contribution in [0.4, 0.5) is 0 Å². The van der Waals surface area contributed by atoms with Crippen LogP contribution in [0.5, 0.6) is 0 Å². The molecule has 0 aromatic rings. The van der Waals surface area contributed by atoms with Crippen molar-refractivity contribution in [2.45, 2.75) is 225 Å². The van der Waals surface area contributed by atoms with Gasteiger partial charge in [0.25, 0.3) is 7.82 Å². The summed E-state index contributed by atoms with van der Waals surface area (Å²) < 4.78 is 23.2. The van der Waals surface area contributed by atoms with Crippen LogP contribution in [0.25, 0.3) is 0 Å². The minimum Gasteiger partial charge on any atom is -0.756 e. The van der Waals surface area contributed by atoms with Crippen LogP contribution in [0.2, 0.25) is 0 Å². The SMILES string of the molecule is CCCC/C=C/CC/C=C/CC/C=C/C(O)C(COP(=O)([O-])OCC[N+](C)(C)C)NC(=O)CCCCCCCCCCCCCCCC/C=C\C/C=C\C/C=C\CCCCCCC. The largest absolute Gasteiger partial charge is 0.756 e. The molecule has 1 amide bonds. The standard InChI is InChI=1S/C54H99N2O6P/c1-6-8-10-12-14-16-18-20-21-22-23-24-25-26-27-28-29-30-31-32-33-34-35-36-38-40-42-44-46-48-54(58)55-52(51-62-63(59,60)61-50-49-56(3,4)5)53(57)47-45-43-41-39-37-19-17-15-13-11-9-7-2/h13,15,18,20,22-23,25-26,37,39,45,47,52-53,57H,6-12,14,16-17,19,21,24,27-36,38,40-44,46,48-51H2,1-5H3,(H-,55,58,59,60)/b15-13+,20-18-,23-22-,26-25-,39-37+,47-45+. The first-order valence-electron chi connectivity index (χ1n) is 25.8. The van der Waals surface area contributed by atoms with E-state index in [1.54, 1.807) is 6.08 Å². The van der Waals surface area contributed by atoms with Crippen LogP contribution in [0.15, 0.2) is 72.9 Å². The second-order valence-corrected chi connectivity index (χ2v) is 19.9. The maximum Gasteiger partial charge on any atom is 0.268 e. The van der Waals surface area contributed by atoms with Gasteiger partial charge in [0.15, 0.2) is 0 Å². The van der Waals surface area contributed by atoms with Crippen LogP contribution in [0.3, 0.4) is 0 Å². The number of amides is 1. The van der Waals surface area contributed by atoms with Gasteiger partial charge in [-0.3, -0.25) is 9.36 Å². The highest BCUT2D eigenvalue weighted by Crippen LogP contribution is 2.38. The first-order chi connectivity index (χ1) is 30.5. The molecule has 9 heteroatoms. The zero-order valence-electron chi connectivity index (χ0n) is 41.5. The first-order valence-corrected chi connectivity index (χ1v) is 27.3. The van der Waals surface area contributed by atoms with Gasteiger partial charge in [0.05, 0.1) is 39.9 Å². The summed E-state index contributed by atoms with van der Waals surface area (Å²) in [4.78, 5) is 25.4. The van der Waals surface area contributed by atoms with E-state index in [4.69, 9.17) is 9.05 Å². The number of quaternary nitrogens is 1. The Labute approximate surface area is 389 Å². The number of phosphoric acid groups is 1. The molecule has 3 unspecified atom stereocenters. The van der Waals surface area contributed by atoms with Crippen LogP contribution < -0.4 is 10.2 Å². The number of nitrogens with zero attached hydrogens (tertiary/aromatic N) is 1. The zero-order valence-corrected chi connectivity index (χ0v) is 42.4. The van der Waals surface area contributed by atoms with E-state index in [1.807, 2.05) is 27.2 Å². The highest BCUT2D eigenvalue weighted by Gasteiger charge is 2.23. The lowest BCUT2D eigenvalue weighted by atomic mass is 10.0. The first kappa shape index (κ1) is 60.9. The molecule has 0 aromatic carbocycles. The smallest absolute Gasteiger partial charge is 0.268 e. The van der Waals surface area contributed by atoms with E-state index in [0.29, 0.717) is 17.4 Å². The maximum absolute atomic E-state index is 12.9. The molecule has 366 valence electrons. The molecule has 0 fully saturated rings. The Kier molecular flexibility index (Phi) is 43.6. The number of rotatable bonds is 46. The molecule has 3 atom stereocenters. The molecular weight excluding hydrogens is 804 g/mol. The maximum atomic E-state index is 12.9. The van der Waals surface area contributed by atoms with E-state index in [9.17, 15) is 19.4 Å². The Balaban J connectivity index is 4.16. The Hall–Kier alpha value is -2.06. The van der Waals surface area contributed by atoms with Crippen molar-refractivity contribution < 1.29 is 32.9 Å². The van der Waals surface area contributed by atoms with Crippen LogP contribution >= 0.6 is 7.82 Å². The minimum atomic E-state index is -4.60. The monoisotopic (exact) mass is 903 g/mol. The Bertz CT molecular complexity index is 1250. The fourth-order valence-electron chi connectivity index (χ4n) is 7.00. The van der Waals surface area contributed by atoms with Gasteiger partial charge in [0.1, 0.15) is 13.2 Å². The van der Waals surface area contributed by atoms with Gasteiger partial charge in [-0.1, -0.05) is 202 Å². The van der Waals surface area contributed by atoms with Gasteiger partial charge in [-0.2, -0.15) is 0 Å². The predicted molar refractivity (Wildman–Crippen MR) is 270 cm³/mol. The molecule has 0 bridgehead atoms. The van der Waals surface area contributed by atoms with E-state index in [0.717, 1.165) is 64.2 Å². The van der Waals surface area contributed by atoms with Crippen molar-refractivity contribution >= 4 is 13.7 Å². The summed E-state index contributed by atoms with van der Waals surface area (Å²) in [6, 6.07) is -0.911. The van der Waals surface area contributed by atoms with E-state index in [1.165, 1.54) is 128 Å².